The molecular formula is C16H24O2Si. The van der Waals surface area contributed by atoms with Gasteiger partial charge in [0.15, 0.2) is 0 Å². The van der Waals surface area contributed by atoms with Crippen molar-refractivity contribution in [1.29, 1.82) is 0 Å². The van der Waals surface area contributed by atoms with E-state index in [-0.39, 0.29) is 0 Å². The standard InChI is InChI=1S/C16H24O2Si/c1-11(2)10-14(16(17)18)15(12(3)4)19-13-8-6-5-7-9-13/h5-9,11-12H,10,19H2,1-4H3,(H,17,18). The van der Waals surface area contributed by atoms with Crippen LogP contribution >= 0.6 is 0 Å². The second kappa shape index (κ2) is 7.29. The lowest BCUT2D eigenvalue weighted by Gasteiger charge is -2.17. The second-order valence-corrected chi connectivity index (χ2v) is 7.66. The predicted octanol–water partition coefficient (Wildman–Crippen LogP) is 2.52. The highest BCUT2D eigenvalue weighted by atomic mass is 28.2. The molecule has 0 unspecified atom stereocenters. The van der Waals surface area contributed by atoms with Gasteiger partial charge in [-0.05, 0) is 18.3 Å². The van der Waals surface area contributed by atoms with E-state index in [4.69, 9.17) is 0 Å². The van der Waals surface area contributed by atoms with Gasteiger partial charge >= 0.3 is 5.97 Å². The molecule has 1 rings (SSSR count). The van der Waals surface area contributed by atoms with Crippen molar-refractivity contribution in [2.24, 2.45) is 11.8 Å². The Labute approximate surface area is 118 Å². The summed E-state index contributed by atoms with van der Waals surface area (Å²) in [6.07, 6.45) is 0.669. The van der Waals surface area contributed by atoms with Gasteiger partial charge in [-0.25, -0.2) is 4.79 Å². The van der Waals surface area contributed by atoms with Crippen LogP contribution in [0.4, 0.5) is 0 Å². The maximum atomic E-state index is 11.5. The van der Waals surface area contributed by atoms with Crippen LogP contribution in [-0.4, -0.2) is 20.6 Å². The monoisotopic (exact) mass is 276 g/mol. The summed E-state index contributed by atoms with van der Waals surface area (Å²) in [6, 6.07) is 10.3. The molecule has 1 aromatic rings. The van der Waals surface area contributed by atoms with Gasteiger partial charge in [-0.15, -0.1) is 0 Å². The topological polar surface area (TPSA) is 37.3 Å². The van der Waals surface area contributed by atoms with E-state index in [0.29, 0.717) is 23.8 Å². The number of allylic oxidation sites excluding steroid dienone is 1. The summed E-state index contributed by atoms with van der Waals surface area (Å²) in [6.45, 7) is 8.36. The number of hydrogen-bond acceptors (Lipinski definition) is 1. The molecule has 1 aromatic carbocycles. The average molecular weight is 276 g/mol. The fraction of sp³-hybridized carbons (Fsp3) is 0.438. The molecule has 2 nitrogen and oxygen atoms in total. The Morgan fingerprint density at radius 3 is 2.16 bits per heavy atom. The molecular weight excluding hydrogens is 252 g/mol. The van der Waals surface area contributed by atoms with Crippen molar-refractivity contribution in [3.8, 4) is 0 Å². The van der Waals surface area contributed by atoms with Crippen molar-refractivity contribution >= 4 is 20.7 Å². The Balaban J connectivity index is 3.11. The molecule has 0 saturated carbocycles. The van der Waals surface area contributed by atoms with Crippen molar-refractivity contribution in [3.05, 3.63) is 41.1 Å². The second-order valence-electron chi connectivity index (χ2n) is 5.72. The maximum Gasteiger partial charge on any atom is 0.331 e. The zero-order valence-electron chi connectivity index (χ0n) is 12.3. The Morgan fingerprint density at radius 2 is 1.74 bits per heavy atom. The summed E-state index contributed by atoms with van der Waals surface area (Å²) in [4.78, 5) is 11.5. The van der Waals surface area contributed by atoms with Crippen LogP contribution in [0.25, 0.3) is 0 Å². The van der Waals surface area contributed by atoms with Crippen LogP contribution < -0.4 is 5.19 Å². The maximum absolute atomic E-state index is 11.5. The van der Waals surface area contributed by atoms with E-state index < -0.39 is 15.5 Å². The average Bonchev–Trinajstić information content (AvgIpc) is 2.34. The number of carboxylic acid groups (broad SMARTS) is 1. The van der Waals surface area contributed by atoms with Crippen molar-refractivity contribution in [2.45, 2.75) is 34.1 Å². The summed E-state index contributed by atoms with van der Waals surface area (Å²) < 4.78 is 0. The van der Waals surface area contributed by atoms with Gasteiger partial charge in [0.05, 0.1) is 9.52 Å². The number of hydrogen-bond donors (Lipinski definition) is 1. The third-order valence-electron chi connectivity index (χ3n) is 3.19. The van der Waals surface area contributed by atoms with Crippen LogP contribution in [0.1, 0.15) is 34.1 Å². The Bertz CT molecular complexity index is 447. The van der Waals surface area contributed by atoms with Gasteiger partial charge < -0.3 is 5.11 Å². The molecule has 0 fully saturated rings. The normalized spacial score (nSPS) is 13.4. The Kier molecular flexibility index (Phi) is 6.02. The third kappa shape index (κ3) is 5.03. The first-order chi connectivity index (χ1) is 8.91. The van der Waals surface area contributed by atoms with Crippen molar-refractivity contribution in [1.82, 2.24) is 0 Å². The number of aliphatic carboxylic acids is 1. The Hall–Kier alpha value is -1.35. The highest BCUT2D eigenvalue weighted by Gasteiger charge is 2.18. The van der Waals surface area contributed by atoms with E-state index in [0.717, 1.165) is 0 Å². The summed E-state index contributed by atoms with van der Waals surface area (Å²) in [5.41, 5.74) is 0.653. The molecule has 1 N–H and O–H groups in total. The first-order valence-corrected chi connectivity index (χ1v) is 8.32. The zero-order valence-corrected chi connectivity index (χ0v) is 13.7. The Morgan fingerprint density at radius 1 is 1.16 bits per heavy atom. The highest BCUT2D eigenvalue weighted by Crippen LogP contribution is 2.20. The minimum Gasteiger partial charge on any atom is -0.478 e. The molecule has 0 aromatic heterocycles. The predicted molar refractivity (Wildman–Crippen MR) is 83.6 cm³/mol. The van der Waals surface area contributed by atoms with Crippen LogP contribution in [0.5, 0.6) is 0 Å². The molecule has 0 spiro atoms. The molecule has 0 bridgehead atoms. The molecule has 3 heteroatoms. The van der Waals surface area contributed by atoms with E-state index in [2.05, 4.69) is 39.8 Å². The number of benzene rings is 1. The van der Waals surface area contributed by atoms with Gasteiger partial charge in [0, 0.05) is 5.57 Å². The number of carboxylic acids is 1. The van der Waals surface area contributed by atoms with Crippen LogP contribution in [0.3, 0.4) is 0 Å². The van der Waals surface area contributed by atoms with Gasteiger partial charge in [0.1, 0.15) is 0 Å². The molecule has 0 amide bonds. The van der Waals surface area contributed by atoms with E-state index in [1.165, 1.54) is 10.4 Å². The zero-order chi connectivity index (χ0) is 14.4. The van der Waals surface area contributed by atoms with Crippen molar-refractivity contribution in [2.75, 3.05) is 0 Å². The van der Waals surface area contributed by atoms with Gasteiger partial charge in [0.25, 0.3) is 0 Å². The molecule has 0 atom stereocenters. The van der Waals surface area contributed by atoms with Gasteiger partial charge in [0.2, 0.25) is 0 Å². The van der Waals surface area contributed by atoms with Gasteiger partial charge in [-0.2, -0.15) is 0 Å². The fourth-order valence-corrected chi connectivity index (χ4v) is 4.10. The molecule has 0 radical (unpaired) electrons. The van der Waals surface area contributed by atoms with E-state index in [1.807, 2.05) is 18.2 Å². The smallest absolute Gasteiger partial charge is 0.331 e. The molecule has 104 valence electrons. The molecule has 0 aliphatic carbocycles. The first-order valence-electron chi connectivity index (χ1n) is 6.91. The summed E-state index contributed by atoms with van der Waals surface area (Å²) in [7, 11) is -0.679. The first kappa shape index (κ1) is 15.7. The summed E-state index contributed by atoms with van der Waals surface area (Å²) in [5, 5.41) is 12.0. The lowest BCUT2D eigenvalue weighted by atomic mass is 9.99. The van der Waals surface area contributed by atoms with E-state index in [1.54, 1.807) is 0 Å². The molecule has 0 aliphatic rings. The van der Waals surface area contributed by atoms with E-state index in [9.17, 15) is 9.90 Å². The van der Waals surface area contributed by atoms with Gasteiger partial charge in [-0.1, -0.05) is 68.4 Å². The fourth-order valence-electron chi connectivity index (χ4n) is 2.24. The number of rotatable bonds is 6. The van der Waals surface area contributed by atoms with Crippen LogP contribution in [-0.2, 0) is 4.79 Å². The van der Waals surface area contributed by atoms with Crippen LogP contribution in [0.15, 0.2) is 41.1 Å². The van der Waals surface area contributed by atoms with Crippen molar-refractivity contribution in [3.63, 3.8) is 0 Å². The SMILES string of the molecule is CC(C)CC(C(=O)O)=C([SiH2]c1ccccc1)C(C)C. The summed E-state index contributed by atoms with van der Waals surface area (Å²) >= 11 is 0. The van der Waals surface area contributed by atoms with Crippen molar-refractivity contribution < 1.29 is 9.90 Å². The molecule has 0 aliphatic heterocycles. The molecule has 0 saturated heterocycles. The largest absolute Gasteiger partial charge is 0.478 e. The summed E-state index contributed by atoms with van der Waals surface area (Å²) in [5.74, 6) is -0.0397. The molecule has 0 heterocycles. The van der Waals surface area contributed by atoms with Crippen LogP contribution in [0.2, 0.25) is 0 Å². The quantitative estimate of drug-likeness (QED) is 0.640. The lowest BCUT2D eigenvalue weighted by molar-refractivity contribution is -0.133. The minimum absolute atomic E-state index is 0.316. The lowest BCUT2D eigenvalue weighted by Crippen LogP contribution is -2.23. The molecule has 19 heavy (non-hydrogen) atoms. The van der Waals surface area contributed by atoms with E-state index >= 15 is 0 Å². The third-order valence-corrected chi connectivity index (χ3v) is 5.70. The van der Waals surface area contributed by atoms with Gasteiger partial charge in [-0.3, -0.25) is 0 Å². The van der Waals surface area contributed by atoms with Crippen LogP contribution in [0, 0.1) is 11.8 Å². The minimum atomic E-state index is -0.735. The highest BCUT2D eigenvalue weighted by molar-refractivity contribution is 6.61. The number of carbonyl (C=O) groups is 1.